The maximum Gasteiger partial charge on any atom is 0.203 e. The maximum atomic E-state index is 5.53. The van der Waals surface area contributed by atoms with Crippen LogP contribution in [0.3, 0.4) is 0 Å². The van der Waals surface area contributed by atoms with Gasteiger partial charge in [-0.2, -0.15) is 4.68 Å². The van der Waals surface area contributed by atoms with Gasteiger partial charge in [0.1, 0.15) is 0 Å². The van der Waals surface area contributed by atoms with Crippen LogP contribution in [0.1, 0.15) is 5.82 Å². The lowest BCUT2D eigenvalue weighted by atomic mass is 10.3. The van der Waals surface area contributed by atoms with Crippen molar-refractivity contribution in [3.8, 4) is 5.69 Å². The molecule has 7 nitrogen and oxygen atoms in total. The third-order valence-electron chi connectivity index (χ3n) is 2.28. The van der Waals surface area contributed by atoms with Crippen molar-refractivity contribution in [1.29, 1.82) is 0 Å². The Morgan fingerprint density at radius 1 is 1.16 bits per heavy atom. The minimum atomic E-state index is 0.463. The molecule has 0 fully saturated rings. The Bertz CT molecular complexity index is 663. The van der Waals surface area contributed by atoms with Crippen LogP contribution < -0.4 is 5.73 Å². The van der Waals surface area contributed by atoms with Gasteiger partial charge >= 0.3 is 0 Å². The van der Waals surface area contributed by atoms with Crippen molar-refractivity contribution < 1.29 is 0 Å². The van der Waals surface area contributed by atoms with E-state index >= 15 is 0 Å². The molecule has 0 saturated carbocycles. The molecular formula is C10H9N7S2. The fraction of sp³-hybridized carbons (Fsp3) is 0.100. The van der Waals surface area contributed by atoms with E-state index < -0.39 is 0 Å². The molecule has 0 aliphatic rings. The van der Waals surface area contributed by atoms with Gasteiger partial charge < -0.3 is 5.73 Å². The van der Waals surface area contributed by atoms with Gasteiger partial charge in [-0.1, -0.05) is 41.3 Å². The number of tetrazole rings is 1. The Hall–Kier alpha value is -2.00. The average Bonchev–Trinajstić information content (AvgIpc) is 3.06. The number of nitrogen functional groups attached to an aromatic ring is 1. The first-order valence-electron chi connectivity index (χ1n) is 5.37. The number of benzene rings is 1. The number of anilines is 1. The van der Waals surface area contributed by atoms with Gasteiger partial charge in [-0.05, 0) is 22.6 Å². The minimum absolute atomic E-state index is 0.463. The summed E-state index contributed by atoms with van der Waals surface area (Å²) in [6.07, 6.45) is 0. The van der Waals surface area contributed by atoms with Crippen LogP contribution in [0.15, 0.2) is 34.7 Å². The van der Waals surface area contributed by atoms with Gasteiger partial charge in [0, 0.05) is 0 Å². The normalized spacial score (nSPS) is 10.7. The largest absolute Gasteiger partial charge is 0.374 e. The first-order chi connectivity index (χ1) is 9.33. The monoisotopic (exact) mass is 291 g/mol. The zero-order chi connectivity index (χ0) is 13.1. The zero-order valence-electron chi connectivity index (χ0n) is 9.67. The molecule has 3 aromatic rings. The highest BCUT2D eigenvalue weighted by atomic mass is 32.2. The first-order valence-corrected chi connectivity index (χ1v) is 7.17. The van der Waals surface area contributed by atoms with Gasteiger partial charge in [0.05, 0.1) is 11.4 Å². The second-order valence-corrected chi connectivity index (χ2v) is 5.77. The van der Waals surface area contributed by atoms with Crippen LogP contribution in [0.4, 0.5) is 5.13 Å². The number of nitrogens with zero attached hydrogens (tertiary/aromatic N) is 6. The Morgan fingerprint density at radius 2 is 2.00 bits per heavy atom. The number of hydrogen-bond acceptors (Lipinski definition) is 8. The van der Waals surface area contributed by atoms with Crippen LogP contribution in [-0.2, 0) is 5.75 Å². The molecule has 19 heavy (non-hydrogen) atoms. The molecule has 1 aromatic carbocycles. The van der Waals surface area contributed by atoms with Gasteiger partial charge in [0.15, 0.2) is 10.2 Å². The highest BCUT2D eigenvalue weighted by Gasteiger charge is 2.10. The molecule has 2 heterocycles. The Labute approximate surface area is 116 Å². The second-order valence-electron chi connectivity index (χ2n) is 3.54. The van der Waals surface area contributed by atoms with Gasteiger partial charge in [-0.25, -0.2) is 0 Å². The van der Waals surface area contributed by atoms with Crippen LogP contribution in [0, 0.1) is 0 Å². The topological polar surface area (TPSA) is 95.4 Å². The van der Waals surface area contributed by atoms with E-state index in [1.807, 2.05) is 30.3 Å². The molecule has 2 N–H and O–H groups in total. The van der Waals surface area contributed by atoms with Crippen LogP contribution >= 0.6 is 23.1 Å². The SMILES string of the molecule is Nc1nnc(SCc2nnnn2-c2ccccc2)s1. The standard InChI is InChI=1S/C10H9N7S2/c11-9-13-14-10(19-9)18-6-8-12-15-16-17(8)7-4-2-1-3-5-7/h1-5H,6H2,(H2,11,13). The maximum absolute atomic E-state index is 5.53. The van der Waals surface area contributed by atoms with E-state index in [2.05, 4.69) is 25.7 Å². The predicted molar refractivity (Wildman–Crippen MR) is 73.0 cm³/mol. The van der Waals surface area contributed by atoms with Crippen LogP contribution in [0.25, 0.3) is 5.69 Å². The predicted octanol–water partition coefficient (Wildman–Crippen LogP) is 1.39. The van der Waals surface area contributed by atoms with Crippen LogP contribution in [0.5, 0.6) is 0 Å². The number of rotatable bonds is 4. The van der Waals surface area contributed by atoms with E-state index in [4.69, 9.17) is 5.73 Å². The first kappa shape index (κ1) is 12.1. The van der Waals surface area contributed by atoms with Crippen molar-refractivity contribution in [2.45, 2.75) is 10.1 Å². The second kappa shape index (κ2) is 5.33. The minimum Gasteiger partial charge on any atom is -0.374 e. The number of aromatic nitrogens is 6. The van der Waals surface area contributed by atoms with Crippen molar-refractivity contribution in [2.75, 3.05) is 5.73 Å². The summed E-state index contributed by atoms with van der Waals surface area (Å²) in [6, 6.07) is 9.74. The van der Waals surface area contributed by atoms with Crippen molar-refractivity contribution in [3.05, 3.63) is 36.2 Å². The highest BCUT2D eigenvalue weighted by Crippen LogP contribution is 2.26. The zero-order valence-corrected chi connectivity index (χ0v) is 11.3. The molecule has 96 valence electrons. The molecule has 0 bridgehead atoms. The number of hydrogen-bond donors (Lipinski definition) is 1. The van der Waals surface area contributed by atoms with Crippen molar-refractivity contribution >= 4 is 28.2 Å². The molecule has 2 aromatic heterocycles. The molecule has 0 spiro atoms. The third-order valence-corrected chi connectivity index (χ3v) is 4.16. The number of nitrogens with two attached hydrogens (primary N) is 1. The quantitative estimate of drug-likeness (QED) is 0.725. The summed E-state index contributed by atoms with van der Waals surface area (Å²) in [5.74, 6) is 1.36. The smallest absolute Gasteiger partial charge is 0.203 e. The van der Waals surface area contributed by atoms with Crippen molar-refractivity contribution in [3.63, 3.8) is 0 Å². The lowest BCUT2D eigenvalue weighted by Crippen LogP contribution is -2.01. The van der Waals surface area contributed by atoms with Crippen LogP contribution in [-0.4, -0.2) is 30.4 Å². The van der Waals surface area contributed by atoms with Gasteiger partial charge in [0.2, 0.25) is 5.13 Å². The summed E-state index contributed by atoms with van der Waals surface area (Å²) < 4.78 is 2.51. The van der Waals surface area contributed by atoms with E-state index in [9.17, 15) is 0 Å². The number of thioether (sulfide) groups is 1. The Kier molecular flexibility index (Phi) is 3.38. The lowest BCUT2D eigenvalue weighted by Gasteiger charge is -2.02. The molecule has 0 amide bonds. The molecule has 0 atom stereocenters. The summed E-state index contributed by atoms with van der Waals surface area (Å²) in [6.45, 7) is 0. The van der Waals surface area contributed by atoms with Crippen molar-refractivity contribution in [1.82, 2.24) is 30.4 Å². The fourth-order valence-corrected chi connectivity index (χ4v) is 3.01. The number of para-hydroxylation sites is 1. The van der Waals surface area contributed by atoms with Gasteiger partial charge in [0.25, 0.3) is 0 Å². The molecule has 0 radical (unpaired) electrons. The summed E-state index contributed by atoms with van der Waals surface area (Å²) in [5.41, 5.74) is 6.47. The summed E-state index contributed by atoms with van der Waals surface area (Å²) in [4.78, 5) is 0. The summed E-state index contributed by atoms with van der Waals surface area (Å²) in [5, 5.41) is 19.9. The lowest BCUT2D eigenvalue weighted by molar-refractivity contribution is 0.777. The molecule has 0 unspecified atom stereocenters. The molecular weight excluding hydrogens is 282 g/mol. The molecule has 0 aliphatic carbocycles. The van der Waals surface area contributed by atoms with E-state index in [-0.39, 0.29) is 0 Å². The summed E-state index contributed by atoms with van der Waals surface area (Å²) >= 11 is 2.86. The van der Waals surface area contributed by atoms with E-state index in [1.54, 1.807) is 4.68 Å². The van der Waals surface area contributed by atoms with Gasteiger partial charge in [-0.3, -0.25) is 0 Å². The van der Waals surface area contributed by atoms with E-state index in [0.717, 1.165) is 15.9 Å². The molecule has 3 rings (SSSR count). The van der Waals surface area contributed by atoms with E-state index in [1.165, 1.54) is 23.1 Å². The highest BCUT2D eigenvalue weighted by molar-refractivity contribution is 8.00. The fourth-order valence-electron chi connectivity index (χ4n) is 1.47. The van der Waals surface area contributed by atoms with Crippen molar-refractivity contribution in [2.24, 2.45) is 0 Å². The van der Waals surface area contributed by atoms with Gasteiger partial charge in [-0.15, -0.1) is 15.3 Å². The molecule has 0 saturated heterocycles. The molecule has 0 aliphatic heterocycles. The Balaban J connectivity index is 1.77. The third kappa shape index (κ3) is 2.71. The average molecular weight is 291 g/mol. The molecule has 9 heteroatoms. The Morgan fingerprint density at radius 3 is 2.74 bits per heavy atom. The van der Waals surface area contributed by atoms with E-state index in [0.29, 0.717) is 10.9 Å². The summed E-state index contributed by atoms with van der Waals surface area (Å²) in [7, 11) is 0. The van der Waals surface area contributed by atoms with Crippen LogP contribution in [0.2, 0.25) is 0 Å².